The molecule has 1 heterocycles. The molecule has 0 fully saturated rings. The topological polar surface area (TPSA) is 25.2 Å². The Morgan fingerprint density at radius 2 is 1.94 bits per heavy atom. The van der Waals surface area contributed by atoms with E-state index in [2.05, 4.69) is 5.32 Å². The van der Waals surface area contributed by atoms with Crippen LogP contribution in [0, 0.1) is 12.7 Å². The van der Waals surface area contributed by atoms with Crippen LogP contribution in [0.4, 0.5) is 4.39 Å². The summed E-state index contributed by atoms with van der Waals surface area (Å²) in [6, 6.07) is 8.65. The molecule has 0 amide bonds. The summed E-state index contributed by atoms with van der Waals surface area (Å²) in [7, 11) is 0. The first-order chi connectivity index (χ1) is 8.16. The quantitative estimate of drug-likeness (QED) is 0.873. The van der Waals surface area contributed by atoms with Crippen molar-refractivity contribution in [3.8, 4) is 0 Å². The van der Waals surface area contributed by atoms with Gasteiger partial charge in [0.25, 0.3) is 0 Å². The molecular formula is C14H16FNO. The van der Waals surface area contributed by atoms with E-state index in [4.69, 9.17) is 4.42 Å². The Bertz CT molecular complexity index is 475. The van der Waals surface area contributed by atoms with Crippen molar-refractivity contribution >= 4 is 0 Å². The Labute approximate surface area is 100 Å². The van der Waals surface area contributed by atoms with Crippen LogP contribution < -0.4 is 5.32 Å². The molecule has 1 N–H and O–H groups in total. The van der Waals surface area contributed by atoms with Crippen LogP contribution in [0.25, 0.3) is 0 Å². The van der Waals surface area contributed by atoms with Crippen LogP contribution in [0.2, 0.25) is 0 Å². The normalized spacial score (nSPS) is 12.6. The molecule has 0 unspecified atom stereocenters. The predicted molar refractivity (Wildman–Crippen MR) is 65.1 cm³/mol. The van der Waals surface area contributed by atoms with Crippen molar-refractivity contribution < 1.29 is 8.81 Å². The second-order valence-corrected chi connectivity index (χ2v) is 4.18. The molecule has 0 saturated heterocycles. The fraction of sp³-hybridized carbons (Fsp3) is 0.286. The molecule has 0 spiro atoms. The second-order valence-electron chi connectivity index (χ2n) is 4.18. The van der Waals surface area contributed by atoms with E-state index in [1.807, 2.05) is 19.9 Å². The maximum absolute atomic E-state index is 12.8. The lowest BCUT2D eigenvalue weighted by Gasteiger charge is -2.13. The average molecular weight is 233 g/mol. The summed E-state index contributed by atoms with van der Waals surface area (Å²) < 4.78 is 18.1. The molecule has 0 radical (unpaired) electrons. The molecule has 2 aromatic rings. The van der Waals surface area contributed by atoms with E-state index in [1.165, 1.54) is 12.1 Å². The van der Waals surface area contributed by atoms with Crippen LogP contribution in [0.1, 0.15) is 29.9 Å². The van der Waals surface area contributed by atoms with Gasteiger partial charge in [0.05, 0.1) is 12.8 Å². The number of halogens is 1. The third-order valence-corrected chi connectivity index (χ3v) is 2.91. The van der Waals surface area contributed by atoms with Crippen molar-refractivity contribution in [2.24, 2.45) is 0 Å². The van der Waals surface area contributed by atoms with Gasteiger partial charge in [0.2, 0.25) is 0 Å². The Morgan fingerprint density at radius 3 is 2.53 bits per heavy atom. The minimum atomic E-state index is -0.206. The molecule has 0 saturated carbocycles. The van der Waals surface area contributed by atoms with Gasteiger partial charge < -0.3 is 9.73 Å². The highest BCUT2D eigenvalue weighted by atomic mass is 19.1. The summed E-state index contributed by atoms with van der Waals surface area (Å²) in [4.78, 5) is 0. The first-order valence-electron chi connectivity index (χ1n) is 5.68. The van der Waals surface area contributed by atoms with Crippen LogP contribution in [-0.4, -0.2) is 0 Å². The Hall–Kier alpha value is -1.61. The molecule has 2 rings (SSSR count). The van der Waals surface area contributed by atoms with Crippen molar-refractivity contribution in [2.45, 2.75) is 26.4 Å². The fourth-order valence-corrected chi connectivity index (χ4v) is 1.70. The summed E-state index contributed by atoms with van der Waals surface area (Å²) in [5.74, 6) is 0.738. The third kappa shape index (κ3) is 2.94. The number of furan rings is 1. The van der Waals surface area contributed by atoms with Crippen molar-refractivity contribution in [1.82, 2.24) is 5.32 Å². The van der Waals surface area contributed by atoms with Gasteiger partial charge in [-0.2, -0.15) is 0 Å². The van der Waals surface area contributed by atoms with Crippen LogP contribution in [0.3, 0.4) is 0 Å². The molecule has 0 aliphatic carbocycles. The molecule has 1 atom stereocenters. The maximum atomic E-state index is 12.8. The van der Waals surface area contributed by atoms with Crippen LogP contribution in [0.15, 0.2) is 41.0 Å². The zero-order valence-corrected chi connectivity index (χ0v) is 10.0. The maximum Gasteiger partial charge on any atom is 0.123 e. The van der Waals surface area contributed by atoms with Crippen molar-refractivity contribution in [3.63, 3.8) is 0 Å². The van der Waals surface area contributed by atoms with Crippen LogP contribution in [0.5, 0.6) is 0 Å². The molecular weight excluding hydrogens is 217 g/mol. The van der Waals surface area contributed by atoms with E-state index in [0.29, 0.717) is 6.54 Å². The zero-order valence-electron chi connectivity index (χ0n) is 10.0. The van der Waals surface area contributed by atoms with Crippen molar-refractivity contribution in [3.05, 3.63) is 59.3 Å². The number of nitrogens with one attached hydrogen (secondary N) is 1. The van der Waals surface area contributed by atoms with E-state index in [-0.39, 0.29) is 11.9 Å². The Balaban J connectivity index is 1.95. The summed E-state index contributed by atoms with van der Waals surface area (Å²) in [5.41, 5.74) is 2.21. The molecule has 3 heteroatoms. The van der Waals surface area contributed by atoms with Crippen molar-refractivity contribution in [2.75, 3.05) is 0 Å². The monoisotopic (exact) mass is 233 g/mol. The summed E-state index contributed by atoms with van der Waals surface area (Å²) in [5, 5.41) is 3.35. The van der Waals surface area contributed by atoms with E-state index in [1.54, 1.807) is 18.4 Å². The van der Waals surface area contributed by atoms with Crippen molar-refractivity contribution in [1.29, 1.82) is 0 Å². The van der Waals surface area contributed by atoms with Crippen LogP contribution >= 0.6 is 0 Å². The molecule has 2 nitrogen and oxygen atoms in total. The number of hydrogen-bond acceptors (Lipinski definition) is 2. The molecule has 0 aliphatic heterocycles. The van der Waals surface area contributed by atoms with Gasteiger partial charge in [0, 0.05) is 6.04 Å². The predicted octanol–water partition coefficient (Wildman–Crippen LogP) is 3.58. The van der Waals surface area contributed by atoms with E-state index < -0.39 is 0 Å². The van der Waals surface area contributed by atoms with Gasteiger partial charge in [-0.15, -0.1) is 0 Å². The first-order valence-corrected chi connectivity index (χ1v) is 5.68. The third-order valence-electron chi connectivity index (χ3n) is 2.91. The lowest BCUT2D eigenvalue weighted by Crippen LogP contribution is -2.18. The van der Waals surface area contributed by atoms with Gasteiger partial charge in [0.1, 0.15) is 11.6 Å². The zero-order chi connectivity index (χ0) is 12.3. The van der Waals surface area contributed by atoms with Crippen LogP contribution in [-0.2, 0) is 6.54 Å². The SMILES string of the molecule is Cc1ccoc1CN[C@H](C)c1ccc(F)cc1. The van der Waals surface area contributed by atoms with Gasteiger partial charge in [0.15, 0.2) is 0 Å². The minimum Gasteiger partial charge on any atom is -0.468 e. The van der Waals surface area contributed by atoms with E-state index in [0.717, 1.165) is 16.9 Å². The van der Waals surface area contributed by atoms with E-state index >= 15 is 0 Å². The lowest BCUT2D eigenvalue weighted by molar-refractivity contribution is 0.458. The Morgan fingerprint density at radius 1 is 1.24 bits per heavy atom. The lowest BCUT2D eigenvalue weighted by atomic mass is 10.1. The van der Waals surface area contributed by atoms with Gasteiger partial charge in [-0.3, -0.25) is 0 Å². The van der Waals surface area contributed by atoms with Gasteiger partial charge in [-0.05, 0) is 43.2 Å². The van der Waals surface area contributed by atoms with E-state index in [9.17, 15) is 4.39 Å². The van der Waals surface area contributed by atoms with Gasteiger partial charge in [-0.1, -0.05) is 12.1 Å². The number of rotatable bonds is 4. The molecule has 0 aliphatic rings. The molecule has 17 heavy (non-hydrogen) atoms. The Kier molecular flexibility index (Phi) is 3.59. The first kappa shape index (κ1) is 11.9. The number of benzene rings is 1. The van der Waals surface area contributed by atoms with Gasteiger partial charge in [-0.25, -0.2) is 4.39 Å². The standard InChI is InChI=1S/C14H16FNO/c1-10-7-8-17-14(10)9-16-11(2)12-3-5-13(15)6-4-12/h3-8,11,16H,9H2,1-2H3/t11-/m1/s1. The highest BCUT2D eigenvalue weighted by molar-refractivity contribution is 5.20. The highest BCUT2D eigenvalue weighted by Gasteiger charge is 2.07. The fourth-order valence-electron chi connectivity index (χ4n) is 1.70. The molecule has 0 bridgehead atoms. The highest BCUT2D eigenvalue weighted by Crippen LogP contribution is 2.15. The summed E-state index contributed by atoms with van der Waals surface area (Å²) >= 11 is 0. The summed E-state index contributed by atoms with van der Waals surface area (Å²) in [6.45, 7) is 4.74. The summed E-state index contributed by atoms with van der Waals surface area (Å²) in [6.07, 6.45) is 1.69. The minimum absolute atomic E-state index is 0.167. The largest absolute Gasteiger partial charge is 0.468 e. The molecule has 90 valence electrons. The average Bonchev–Trinajstić information content (AvgIpc) is 2.73. The van der Waals surface area contributed by atoms with Gasteiger partial charge >= 0.3 is 0 Å². The number of aryl methyl sites for hydroxylation is 1. The molecule has 1 aromatic carbocycles. The molecule has 1 aromatic heterocycles. The smallest absolute Gasteiger partial charge is 0.123 e. The number of hydrogen-bond donors (Lipinski definition) is 1. The second kappa shape index (κ2) is 5.15.